The van der Waals surface area contributed by atoms with Crippen molar-refractivity contribution in [2.45, 2.75) is 40.7 Å². The molecule has 0 heterocycles. The van der Waals surface area contributed by atoms with E-state index in [1.165, 1.54) is 0 Å². The molecule has 54 valence electrons. The lowest BCUT2D eigenvalue weighted by Gasteiger charge is -2.00. The maximum absolute atomic E-state index is 3.21. The van der Waals surface area contributed by atoms with Crippen LogP contribution in [-0.4, -0.2) is 12.6 Å². The number of rotatable bonds is 2. The monoisotopic (exact) mass is 119 g/mol. The Morgan fingerprint density at radius 1 is 1.38 bits per heavy atom. The van der Waals surface area contributed by atoms with Crippen LogP contribution in [0, 0.1) is 0 Å². The van der Waals surface area contributed by atoms with Crippen molar-refractivity contribution in [1.82, 2.24) is 5.32 Å². The van der Waals surface area contributed by atoms with Gasteiger partial charge >= 0.3 is 0 Å². The molecule has 0 aromatic rings. The molecule has 0 saturated carbocycles. The van der Waals surface area contributed by atoms with Crippen molar-refractivity contribution >= 4 is 0 Å². The molecule has 0 aliphatic rings. The van der Waals surface area contributed by atoms with Crippen molar-refractivity contribution in [3.63, 3.8) is 0 Å². The molecule has 0 radical (unpaired) electrons. The summed E-state index contributed by atoms with van der Waals surface area (Å²) in [4.78, 5) is 0. The Morgan fingerprint density at radius 3 is 1.75 bits per heavy atom. The lowest BCUT2D eigenvalue weighted by Crippen LogP contribution is -2.21. The van der Waals surface area contributed by atoms with Crippen LogP contribution in [0.1, 0.15) is 36.0 Å². The van der Waals surface area contributed by atoms with Gasteiger partial charge in [-0.25, -0.2) is 0 Å². The minimum absolute atomic E-state index is 0. The highest BCUT2D eigenvalue weighted by molar-refractivity contribution is 4.46. The van der Waals surface area contributed by atoms with Gasteiger partial charge in [0, 0.05) is 7.47 Å². The van der Waals surface area contributed by atoms with E-state index in [1.54, 1.807) is 0 Å². The van der Waals surface area contributed by atoms with Crippen molar-refractivity contribution in [2.75, 3.05) is 6.54 Å². The third-order valence-electron chi connectivity index (χ3n) is 0.612. The Hall–Kier alpha value is -0.0400. The third kappa shape index (κ3) is 16.7. The molecule has 8 heavy (non-hydrogen) atoms. The second kappa shape index (κ2) is 10.0. The molecule has 0 unspecified atom stereocenters. The van der Waals surface area contributed by atoms with E-state index in [4.69, 9.17) is 0 Å². The van der Waals surface area contributed by atoms with Gasteiger partial charge in [0.2, 0.25) is 0 Å². The van der Waals surface area contributed by atoms with Gasteiger partial charge in [-0.05, 0) is 6.54 Å². The van der Waals surface area contributed by atoms with Crippen LogP contribution in [0.4, 0.5) is 0 Å². The summed E-state index contributed by atoms with van der Waals surface area (Å²) >= 11 is 0. The van der Waals surface area contributed by atoms with Crippen LogP contribution in [-0.2, 0) is 0 Å². The van der Waals surface area contributed by atoms with Crippen molar-refractivity contribution in [3.8, 4) is 0 Å². The Kier molecular flexibility index (Phi) is 13.6. The summed E-state index contributed by atoms with van der Waals surface area (Å²) in [6.45, 7) is 11.5. The van der Waals surface area contributed by atoms with Gasteiger partial charge in [0.25, 0.3) is 0 Å². The molecular formula is C7H21N. The molecule has 0 aliphatic heterocycles. The summed E-state index contributed by atoms with van der Waals surface area (Å²) in [6.07, 6.45) is 0. The zero-order valence-corrected chi connectivity index (χ0v) is 6.78. The lowest BCUT2D eigenvalue weighted by atomic mass is 10.4. The quantitative estimate of drug-likeness (QED) is 0.588. The molecule has 0 bridgehead atoms. The van der Waals surface area contributed by atoms with Gasteiger partial charge in [0.15, 0.2) is 0 Å². The van der Waals surface area contributed by atoms with Crippen LogP contribution in [0.3, 0.4) is 0 Å². The molecule has 0 rings (SSSR count). The van der Waals surface area contributed by atoms with E-state index in [0.717, 1.165) is 6.54 Å². The first-order valence-corrected chi connectivity index (χ1v) is 3.50. The van der Waals surface area contributed by atoms with E-state index in [9.17, 15) is 0 Å². The molecule has 1 N–H and O–H groups in total. The molecule has 0 atom stereocenters. The van der Waals surface area contributed by atoms with Gasteiger partial charge in [0.1, 0.15) is 0 Å². The average Bonchev–Trinajstić information content (AvgIpc) is 1.72. The maximum Gasteiger partial charge on any atom is 0.00102 e. The SMILES string of the molecule is CC.CCNC(C)C.[HH]. The average molecular weight is 119 g/mol. The van der Waals surface area contributed by atoms with Crippen molar-refractivity contribution in [3.05, 3.63) is 0 Å². The fourth-order valence-corrected chi connectivity index (χ4v) is 0.408. The van der Waals surface area contributed by atoms with E-state index in [1.807, 2.05) is 13.8 Å². The molecule has 0 aromatic carbocycles. The topological polar surface area (TPSA) is 12.0 Å². The number of hydrogen-bond donors (Lipinski definition) is 1. The van der Waals surface area contributed by atoms with Gasteiger partial charge < -0.3 is 5.32 Å². The second-order valence-electron chi connectivity index (χ2n) is 1.71. The third-order valence-corrected chi connectivity index (χ3v) is 0.612. The summed E-state index contributed by atoms with van der Waals surface area (Å²) in [6, 6.07) is 0.648. The van der Waals surface area contributed by atoms with Gasteiger partial charge in [-0.2, -0.15) is 0 Å². The first-order valence-electron chi connectivity index (χ1n) is 3.50. The van der Waals surface area contributed by atoms with E-state index in [-0.39, 0.29) is 1.43 Å². The van der Waals surface area contributed by atoms with Crippen LogP contribution in [0.15, 0.2) is 0 Å². The molecular weight excluding hydrogens is 98.1 g/mol. The molecule has 0 aliphatic carbocycles. The summed E-state index contributed by atoms with van der Waals surface area (Å²) in [5, 5.41) is 3.21. The summed E-state index contributed by atoms with van der Waals surface area (Å²) in [5.41, 5.74) is 0. The molecule has 0 fully saturated rings. The molecule has 0 amide bonds. The van der Waals surface area contributed by atoms with E-state index in [0.29, 0.717) is 6.04 Å². The van der Waals surface area contributed by atoms with Gasteiger partial charge in [-0.15, -0.1) is 0 Å². The summed E-state index contributed by atoms with van der Waals surface area (Å²) in [5.74, 6) is 0. The van der Waals surface area contributed by atoms with E-state index >= 15 is 0 Å². The predicted octanol–water partition coefficient (Wildman–Crippen LogP) is 2.28. The molecule has 1 nitrogen and oxygen atoms in total. The maximum atomic E-state index is 3.21. The smallest absolute Gasteiger partial charge is 0.00102 e. The van der Waals surface area contributed by atoms with Crippen LogP contribution in [0.2, 0.25) is 0 Å². The van der Waals surface area contributed by atoms with Crippen LogP contribution < -0.4 is 5.32 Å². The van der Waals surface area contributed by atoms with Gasteiger partial charge in [-0.3, -0.25) is 0 Å². The van der Waals surface area contributed by atoms with E-state index in [2.05, 4.69) is 26.1 Å². The minimum atomic E-state index is 0. The van der Waals surface area contributed by atoms with Crippen LogP contribution >= 0.6 is 0 Å². The van der Waals surface area contributed by atoms with Crippen molar-refractivity contribution < 1.29 is 1.43 Å². The standard InChI is InChI=1S/C5H13N.C2H6.H2/c1-4-6-5(2)3;1-2;/h5-6H,4H2,1-3H3;1-2H3;1H. The highest BCUT2D eigenvalue weighted by Gasteiger charge is 1.82. The largest absolute Gasteiger partial charge is 0.315 e. The molecule has 0 aromatic heterocycles. The number of hydrogen-bond acceptors (Lipinski definition) is 1. The second-order valence-corrected chi connectivity index (χ2v) is 1.71. The zero-order chi connectivity index (χ0) is 6.99. The Labute approximate surface area is 55.0 Å². The van der Waals surface area contributed by atoms with E-state index < -0.39 is 0 Å². The number of nitrogens with one attached hydrogen (secondary N) is 1. The summed E-state index contributed by atoms with van der Waals surface area (Å²) in [7, 11) is 0. The predicted molar refractivity (Wildman–Crippen MR) is 42.3 cm³/mol. The van der Waals surface area contributed by atoms with Gasteiger partial charge in [0.05, 0.1) is 0 Å². The van der Waals surface area contributed by atoms with Crippen LogP contribution in [0.5, 0.6) is 0 Å². The lowest BCUT2D eigenvalue weighted by molar-refractivity contribution is 0.613. The van der Waals surface area contributed by atoms with Crippen molar-refractivity contribution in [1.29, 1.82) is 0 Å². The minimum Gasteiger partial charge on any atom is -0.315 e. The van der Waals surface area contributed by atoms with Crippen molar-refractivity contribution in [2.24, 2.45) is 0 Å². The molecule has 0 saturated heterocycles. The fraction of sp³-hybridized carbons (Fsp3) is 1.00. The van der Waals surface area contributed by atoms with Gasteiger partial charge in [-0.1, -0.05) is 34.6 Å². The summed E-state index contributed by atoms with van der Waals surface area (Å²) < 4.78 is 0. The molecule has 1 heteroatoms. The molecule has 0 spiro atoms. The normalized spacial score (nSPS) is 8.25. The Balaban J connectivity index is -0.000000109. The van der Waals surface area contributed by atoms with Crippen LogP contribution in [0.25, 0.3) is 0 Å². The zero-order valence-electron chi connectivity index (χ0n) is 6.78. The Morgan fingerprint density at radius 2 is 1.75 bits per heavy atom. The Bertz CT molecular complexity index is 30.1. The first-order chi connectivity index (χ1) is 3.77. The first kappa shape index (κ1) is 10.9. The highest BCUT2D eigenvalue weighted by Crippen LogP contribution is 1.70. The highest BCUT2D eigenvalue weighted by atomic mass is 14.9. The fourth-order valence-electron chi connectivity index (χ4n) is 0.408.